The Labute approximate surface area is 170 Å². The number of rotatable bonds is 8. The van der Waals surface area contributed by atoms with E-state index in [1.807, 2.05) is 13.0 Å². The molecule has 1 aliphatic heterocycles. The van der Waals surface area contributed by atoms with Crippen LogP contribution in [-0.4, -0.2) is 45.6 Å². The van der Waals surface area contributed by atoms with Gasteiger partial charge in [0.05, 0.1) is 18.0 Å². The predicted molar refractivity (Wildman–Crippen MR) is 107 cm³/mol. The molecule has 1 amide bonds. The summed E-state index contributed by atoms with van der Waals surface area (Å²) in [6.07, 6.45) is 0. The van der Waals surface area contributed by atoms with Crippen molar-refractivity contribution in [2.24, 2.45) is 0 Å². The molecule has 29 heavy (non-hydrogen) atoms. The smallest absolute Gasteiger partial charge is 0.243 e. The first kappa shape index (κ1) is 20.9. The lowest BCUT2D eigenvalue weighted by Crippen LogP contribution is -2.38. The number of sulfonamides is 1. The molecule has 2 aromatic rings. The second-order valence-corrected chi connectivity index (χ2v) is 8.63. The number of aryl methyl sites for hydroxylation is 1. The molecule has 0 unspecified atom stereocenters. The molecule has 0 bridgehead atoms. The van der Waals surface area contributed by atoms with Crippen molar-refractivity contribution >= 4 is 15.9 Å². The van der Waals surface area contributed by atoms with Crippen molar-refractivity contribution in [2.75, 3.05) is 27.0 Å². The SMILES string of the molecule is CCOc1ccc(S(=O)(=O)N(C)CC(=O)NCc2ccc3c(c2)OCO3)cc1C. The quantitative estimate of drug-likeness (QED) is 0.703. The monoisotopic (exact) mass is 420 g/mol. The standard InChI is InChI=1S/C20H24N2O6S/c1-4-26-17-8-6-16(9-14(17)2)29(24,25)22(3)12-20(23)21-11-15-5-7-18-19(10-15)28-13-27-18/h5-10H,4,11-13H2,1-3H3,(H,21,23). The van der Waals surface area contributed by atoms with E-state index in [1.165, 1.54) is 13.1 Å². The number of carbonyl (C=O) groups excluding carboxylic acids is 1. The molecule has 8 nitrogen and oxygen atoms in total. The molecule has 1 N–H and O–H groups in total. The van der Waals surface area contributed by atoms with Gasteiger partial charge < -0.3 is 19.5 Å². The van der Waals surface area contributed by atoms with Crippen LogP contribution in [0.4, 0.5) is 0 Å². The summed E-state index contributed by atoms with van der Waals surface area (Å²) < 4.78 is 42.6. The van der Waals surface area contributed by atoms with E-state index in [4.69, 9.17) is 14.2 Å². The highest BCUT2D eigenvalue weighted by molar-refractivity contribution is 7.89. The van der Waals surface area contributed by atoms with E-state index in [1.54, 1.807) is 31.2 Å². The van der Waals surface area contributed by atoms with Crippen molar-refractivity contribution in [1.29, 1.82) is 0 Å². The van der Waals surface area contributed by atoms with E-state index in [0.29, 0.717) is 29.4 Å². The summed E-state index contributed by atoms with van der Waals surface area (Å²) in [6.45, 7) is 4.28. The average molecular weight is 420 g/mol. The van der Waals surface area contributed by atoms with Crippen LogP contribution in [-0.2, 0) is 21.4 Å². The zero-order valence-electron chi connectivity index (χ0n) is 16.6. The van der Waals surface area contributed by atoms with Crippen LogP contribution in [0.1, 0.15) is 18.1 Å². The molecule has 0 saturated heterocycles. The summed E-state index contributed by atoms with van der Waals surface area (Å²) in [5.41, 5.74) is 1.55. The maximum Gasteiger partial charge on any atom is 0.243 e. The summed E-state index contributed by atoms with van der Waals surface area (Å²) >= 11 is 0. The Morgan fingerprint density at radius 1 is 1.17 bits per heavy atom. The molecule has 2 aromatic carbocycles. The highest BCUT2D eigenvalue weighted by Crippen LogP contribution is 2.32. The van der Waals surface area contributed by atoms with Crippen LogP contribution in [0, 0.1) is 6.92 Å². The number of likely N-dealkylation sites (N-methyl/N-ethyl adjacent to an activating group) is 1. The summed E-state index contributed by atoms with van der Waals surface area (Å²) in [5, 5.41) is 2.72. The molecule has 0 spiro atoms. The lowest BCUT2D eigenvalue weighted by molar-refractivity contribution is -0.121. The van der Waals surface area contributed by atoms with Crippen molar-refractivity contribution in [3.05, 3.63) is 47.5 Å². The second kappa shape index (κ2) is 8.71. The van der Waals surface area contributed by atoms with Crippen LogP contribution < -0.4 is 19.5 Å². The second-order valence-electron chi connectivity index (χ2n) is 6.59. The van der Waals surface area contributed by atoms with Gasteiger partial charge in [0.2, 0.25) is 22.7 Å². The minimum atomic E-state index is -3.80. The zero-order valence-corrected chi connectivity index (χ0v) is 17.4. The van der Waals surface area contributed by atoms with Gasteiger partial charge in [-0.05, 0) is 55.3 Å². The van der Waals surface area contributed by atoms with Crippen LogP contribution in [0.5, 0.6) is 17.2 Å². The van der Waals surface area contributed by atoms with Crippen molar-refractivity contribution in [3.63, 3.8) is 0 Å². The highest BCUT2D eigenvalue weighted by atomic mass is 32.2. The number of carbonyl (C=O) groups is 1. The van der Waals surface area contributed by atoms with E-state index in [2.05, 4.69) is 5.32 Å². The van der Waals surface area contributed by atoms with Crippen molar-refractivity contribution < 1.29 is 27.4 Å². The Hall–Kier alpha value is -2.78. The third-order valence-corrected chi connectivity index (χ3v) is 6.25. The normalized spacial score (nSPS) is 12.8. The molecule has 1 heterocycles. The highest BCUT2D eigenvalue weighted by Gasteiger charge is 2.24. The average Bonchev–Trinajstić information content (AvgIpc) is 3.15. The third-order valence-electron chi connectivity index (χ3n) is 4.45. The van der Waals surface area contributed by atoms with Gasteiger partial charge >= 0.3 is 0 Å². The van der Waals surface area contributed by atoms with Crippen LogP contribution in [0.3, 0.4) is 0 Å². The number of nitrogens with one attached hydrogen (secondary N) is 1. The van der Waals surface area contributed by atoms with Gasteiger partial charge in [-0.1, -0.05) is 6.07 Å². The third kappa shape index (κ3) is 4.80. The molecule has 9 heteroatoms. The van der Waals surface area contributed by atoms with Crippen molar-refractivity contribution in [3.8, 4) is 17.2 Å². The minimum Gasteiger partial charge on any atom is -0.494 e. The molecule has 0 saturated carbocycles. The number of fused-ring (bicyclic) bond motifs is 1. The van der Waals surface area contributed by atoms with Gasteiger partial charge in [0, 0.05) is 13.6 Å². The first-order valence-corrected chi connectivity index (χ1v) is 10.6. The predicted octanol–water partition coefficient (Wildman–Crippen LogP) is 2.06. The van der Waals surface area contributed by atoms with E-state index < -0.39 is 15.9 Å². The molecule has 0 fully saturated rings. The maximum absolute atomic E-state index is 12.8. The van der Waals surface area contributed by atoms with Gasteiger partial charge in [0.1, 0.15) is 5.75 Å². The van der Waals surface area contributed by atoms with Crippen LogP contribution in [0.25, 0.3) is 0 Å². The van der Waals surface area contributed by atoms with Gasteiger partial charge in [-0.15, -0.1) is 0 Å². The summed E-state index contributed by atoms with van der Waals surface area (Å²) in [7, 11) is -2.42. The van der Waals surface area contributed by atoms with Gasteiger partial charge in [-0.2, -0.15) is 4.31 Å². The first-order valence-electron chi connectivity index (χ1n) is 9.16. The van der Waals surface area contributed by atoms with Gasteiger partial charge in [0.25, 0.3) is 0 Å². The Kier molecular flexibility index (Phi) is 6.29. The fourth-order valence-corrected chi connectivity index (χ4v) is 4.09. The van der Waals surface area contributed by atoms with Gasteiger partial charge in [0.15, 0.2) is 11.5 Å². The Morgan fingerprint density at radius 2 is 1.93 bits per heavy atom. The Bertz CT molecular complexity index is 1010. The van der Waals surface area contributed by atoms with Crippen LogP contribution in [0.15, 0.2) is 41.3 Å². The number of hydrogen-bond acceptors (Lipinski definition) is 6. The summed E-state index contributed by atoms with van der Waals surface area (Å²) in [6, 6.07) is 10.0. The number of amides is 1. The Morgan fingerprint density at radius 3 is 2.66 bits per heavy atom. The van der Waals surface area contributed by atoms with Gasteiger partial charge in [-0.3, -0.25) is 4.79 Å². The number of ether oxygens (including phenoxy) is 3. The minimum absolute atomic E-state index is 0.115. The van der Waals surface area contributed by atoms with Crippen molar-refractivity contribution in [1.82, 2.24) is 9.62 Å². The lowest BCUT2D eigenvalue weighted by atomic mass is 10.2. The number of benzene rings is 2. The fraction of sp³-hybridized carbons (Fsp3) is 0.350. The topological polar surface area (TPSA) is 94.2 Å². The number of nitrogens with zero attached hydrogens (tertiary/aromatic N) is 1. The van der Waals surface area contributed by atoms with E-state index in [-0.39, 0.29) is 24.8 Å². The molecular formula is C20H24N2O6S. The number of hydrogen-bond donors (Lipinski definition) is 1. The molecular weight excluding hydrogens is 396 g/mol. The summed E-state index contributed by atoms with van der Waals surface area (Å²) in [5.74, 6) is 1.52. The van der Waals surface area contributed by atoms with E-state index in [0.717, 1.165) is 9.87 Å². The largest absolute Gasteiger partial charge is 0.494 e. The van der Waals surface area contributed by atoms with E-state index in [9.17, 15) is 13.2 Å². The molecule has 0 radical (unpaired) electrons. The molecule has 3 rings (SSSR count). The summed E-state index contributed by atoms with van der Waals surface area (Å²) in [4.78, 5) is 12.4. The molecule has 0 aromatic heterocycles. The fourth-order valence-electron chi connectivity index (χ4n) is 2.87. The Balaban J connectivity index is 1.60. The van der Waals surface area contributed by atoms with Crippen molar-refractivity contribution in [2.45, 2.75) is 25.3 Å². The van der Waals surface area contributed by atoms with Crippen LogP contribution in [0.2, 0.25) is 0 Å². The lowest BCUT2D eigenvalue weighted by Gasteiger charge is -2.18. The van der Waals surface area contributed by atoms with Crippen LogP contribution >= 0.6 is 0 Å². The van der Waals surface area contributed by atoms with E-state index >= 15 is 0 Å². The maximum atomic E-state index is 12.8. The van der Waals surface area contributed by atoms with Gasteiger partial charge in [-0.25, -0.2) is 8.42 Å². The molecule has 156 valence electrons. The zero-order chi connectivity index (χ0) is 21.0. The molecule has 0 aliphatic carbocycles. The molecule has 1 aliphatic rings. The molecule has 0 atom stereocenters. The first-order chi connectivity index (χ1) is 13.8.